The fraction of sp³-hybridized carbons (Fsp3) is 0.429. The Morgan fingerprint density at radius 3 is 2.70 bits per heavy atom. The van der Waals surface area contributed by atoms with Crippen molar-refractivity contribution in [1.82, 2.24) is 4.90 Å². The summed E-state index contributed by atoms with van der Waals surface area (Å²) in [6, 6.07) is 4.17. The van der Waals surface area contributed by atoms with E-state index in [2.05, 4.69) is 15.9 Å². The molecule has 1 aromatic rings. The number of halogens is 2. The maximum atomic E-state index is 13.5. The van der Waals surface area contributed by atoms with Crippen LogP contribution in [0.5, 0.6) is 0 Å². The van der Waals surface area contributed by atoms with Crippen molar-refractivity contribution in [3.05, 3.63) is 34.1 Å². The van der Waals surface area contributed by atoms with Crippen LogP contribution in [-0.4, -0.2) is 35.0 Å². The number of amides is 1. The molecular weight excluding hydrogens is 329 g/mol. The van der Waals surface area contributed by atoms with E-state index in [4.69, 9.17) is 0 Å². The molecule has 1 heterocycles. The number of likely N-dealkylation sites (tertiary alicyclic amines) is 1. The van der Waals surface area contributed by atoms with Crippen LogP contribution in [-0.2, 0) is 4.79 Å². The quantitative estimate of drug-likeness (QED) is 0.917. The molecule has 1 saturated heterocycles. The van der Waals surface area contributed by atoms with Crippen LogP contribution in [0.3, 0.4) is 0 Å². The molecule has 1 N–H and O–H groups in total. The summed E-state index contributed by atoms with van der Waals surface area (Å²) in [7, 11) is 0. The number of hydrogen-bond acceptors (Lipinski definition) is 2. The van der Waals surface area contributed by atoms with Crippen molar-refractivity contribution in [2.75, 3.05) is 13.1 Å². The number of benzene rings is 1. The largest absolute Gasteiger partial charge is 0.481 e. The normalized spacial score (nSPS) is 22.1. The van der Waals surface area contributed by atoms with Gasteiger partial charge >= 0.3 is 5.97 Å². The van der Waals surface area contributed by atoms with Crippen molar-refractivity contribution in [3.8, 4) is 0 Å². The summed E-state index contributed by atoms with van der Waals surface area (Å²) in [4.78, 5) is 25.1. The van der Waals surface area contributed by atoms with Crippen molar-refractivity contribution in [2.24, 2.45) is 5.41 Å². The standard InChI is InChI=1S/C14H15BrFNO3/c1-2-14(13(19)20)5-6-17(8-14)12(18)9-3-4-10(15)11(16)7-9/h3-4,7H,2,5-6,8H2,1H3,(H,19,20). The molecular formula is C14H15BrFNO3. The highest BCUT2D eigenvalue weighted by Gasteiger charge is 2.44. The lowest BCUT2D eigenvalue weighted by Gasteiger charge is -2.23. The summed E-state index contributed by atoms with van der Waals surface area (Å²) in [5.41, 5.74) is -0.633. The Bertz CT molecular complexity index is 563. The van der Waals surface area contributed by atoms with Gasteiger partial charge in [-0.2, -0.15) is 0 Å². The maximum absolute atomic E-state index is 13.5. The molecule has 1 amide bonds. The minimum Gasteiger partial charge on any atom is -0.481 e. The van der Waals surface area contributed by atoms with Crippen LogP contribution in [0.15, 0.2) is 22.7 Å². The van der Waals surface area contributed by atoms with Gasteiger partial charge in [-0.05, 0) is 47.0 Å². The third-order valence-corrected chi connectivity index (χ3v) is 4.58. The van der Waals surface area contributed by atoms with E-state index in [0.29, 0.717) is 23.9 Å². The number of hydrogen-bond donors (Lipinski definition) is 1. The second-order valence-corrected chi connectivity index (χ2v) is 5.90. The van der Waals surface area contributed by atoms with Gasteiger partial charge in [-0.1, -0.05) is 6.92 Å². The zero-order chi connectivity index (χ0) is 14.9. The van der Waals surface area contributed by atoms with Gasteiger partial charge in [0.25, 0.3) is 5.91 Å². The Hall–Kier alpha value is -1.43. The Morgan fingerprint density at radius 2 is 2.20 bits per heavy atom. The first kappa shape index (κ1) is 15.0. The monoisotopic (exact) mass is 343 g/mol. The average Bonchev–Trinajstić information content (AvgIpc) is 2.87. The SMILES string of the molecule is CCC1(C(=O)O)CCN(C(=O)c2ccc(Br)c(F)c2)C1. The van der Waals surface area contributed by atoms with Crippen LogP contribution in [0.2, 0.25) is 0 Å². The lowest BCUT2D eigenvalue weighted by molar-refractivity contribution is -0.148. The van der Waals surface area contributed by atoms with Gasteiger partial charge in [-0.25, -0.2) is 4.39 Å². The zero-order valence-electron chi connectivity index (χ0n) is 11.0. The highest BCUT2D eigenvalue weighted by molar-refractivity contribution is 9.10. The molecule has 4 nitrogen and oxygen atoms in total. The van der Waals surface area contributed by atoms with Crippen LogP contribution in [0.4, 0.5) is 4.39 Å². The molecule has 1 aromatic carbocycles. The molecule has 0 saturated carbocycles. The Morgan fingerprint density at radius 1 is 1.50 bits per heavy atom. The second-order valence-electron chi connectivity index (χ2n) is 5.04. The number of aliphatic carboxylic acids is 1. The van der Waals surface area contributed by atoms with E-state index in [-0.39, 0.29) is 18.0 Å². The van der Waals surface area contributed by atoms with Gasteiger partial charge in [0.2, 0.25) is 0 Å². The summed E-state index contributed by atoms with van der Waals surface area (Å²) < 4.78 is 13.8. The molecule has 1 atom stereocenters. The molecule has 0 aromatic heterocycles. The maximum Gasteiger partial charge on any atom is 0.311 e. The fourth-order valence-electron chi connectivity index (χ4n) is 2.47. The van der Waals surface area contributed by atoms with Gasteiger partial charge in [0, 0.05) is 18.7 Å². The Balaban J connectivity index is 2.19. The molecule has 0 aliphatic carbocycles. The molecule has 2 rings (SSSR count). The van der Waals surface area contributed by atoms with E-state index >= 15 is 0 Å². The topological polar surface area (TPSA) is 57.6 Å². The van der Waals surface area contributed by atoms with Gasteiger partial charge in [0.05, 0.1) is 9.89 Å². The second kappa shape index (κ2) is 5.52. The molecule has 0 spiro atoms. The molecule has 6 heteroatoms. The number of carboxylic acids is 1. The minimum atomic E-state index is -0.878. The molecule has 108 valence electrons. The van der Waals surface area contributed by atoms with Crippen molar-refractivity contribution >= 4 is 27.8 Å². The summed E-state index contributed by atoms with van der Waals surface area (Å²) in [6.45, 7) is 2.37. The van der Waals surface area contributed by atoms with Crippen molar-refractivity contribution < 1.29 is 19.1 Å². The van der Waals surface area contributed by atoms with Gasteiger partial charge < -0.3 is 10.0 Å². The lowest BCUT2D eigenvalue weighted by atomic mass is 9.84. The minimum absolute atomic E-state index is 0.176. The number of carbonyl (C=O) groups is 2. The Kier molecular flexibility index (Phi) is 4.13. The van der Waals surface area contributed by atoms with E-state index in [1.807, 2.05) is 0 Å². The van der Waals surface area contributed by atoms with E-state index in [1.54, 1.807) is 6.92 Å². The molecule has 1 unspecified atom stereocenters. The first-order chi connectivity index (χ1) is 9.39. The number of nitrogens with zero attached hydrogens (tertiary/aromatic N) is 1. The molecule has 1 fully saturated rings. The fourth-order valence-corrected chi connectivity index (χ4v) is 2.72. The molecule has 20 heavy (non-hydrogen) atoms. The van der Waals surface area contributed by atoms with Crippen LogP contribution in [0.25, 0.3) is 0 Å². The van der Waals surface area contributed by atoms with E-state index < -0.39 is 17.2 Å². The van der Waals surface area contributed by atoms with Gasteiger partial charge in [0.1, 0.15) is 5.82 Å². The first-order valence-electron chi connectivity index (χ1n) is 6.37. The van der Waals surface area contributed by atoms with Crippen LogP contribution in [0, 0.1) is 11.2 Å². The zero-order valence-corrected chi connectivity index (χ0v) is 12.6. The third-order valence-electron chi connectivity index (χ3n) is 3.94. The predicted octanol–water partition coefficient (Wildman–Crippen LogP) is 2.92. The van der Waals surface area contributed by atoms with Crippen molar-refractivity contribution in [1.29, 1.82) is 0 Å². The number of carboxylic acid groups (broad SMARTS) is 1. The first-order valence-corrected chi connectivity index (χ1v) is 7.16. The third kappa shape index (κ3) is 2.57. The molecule has 0 bridgehead atoms. The molecule has 0 radical (unpaired) electrons. The summed E-state index contributed by atoms with van der Waals surface area (Å²) in [5, 5.41) is 9.31. The van der Waals surface area contributed by atoms with Gasteiger partial charge in [0.15, 0.2) is 0 Å². The van der Waals surface area contributed by atoms with Gasteiger partial charge in [-0.15, -0.1) is 0 Å². The smallest absolute Gasteiger partial charge is 0.311 e. The van der Waals surface area contributed by atoms with Crippen LogP contribution >= 0.6 is 15.9 Å². The predicted molar refractivity (Wildman–Crippen MR) is 75.0 cm³/mol. The van der Waals surface area contributed by atoms with E-state index in [1.165, 1.54) is 23.1 Å². The highest BCUT2D eigenvalue weighted by atomic mass is 79.9. The average molecular weight is 344 g/mol. The number of rotatable bonds is 3. The van der Waals surface area contributed by atoms with Crippen LogP contribution in [0.1, 0.15) is 30.1 Å². The van der Waals surface area contributed by atoms with Gasteiger partial charge in [-0.3, -0.25) is 9.59 Å². The number of carbonyl (C=O) groups excluding carboxylic acids is 1. The van der Waals surface area contributed by atoms with Crippen LogP contribution < -0.4 is 0 Å². The van der Waals surface area contributed by atoms with Crippen molar-refractivity contribution in [2.45, 2.75) is 19.8 Å². The lowest BCUT2D eigenvalue weighted by Crippen LogP contribution is -2.36. The highest BCUT2D eigenvalue weighted by Crippen LogP contribution is 2.35. The van der Waals surface area contributed by atoms with E-state index in [9.17, 15) is 19.1 Å². The molecule has 1 aliphatic rings. The van der Waals surface area contributed by atoms with E-state index in [0.717, 1.165) is 0 Å². The summed E-state index contributed by atoms with van der Waals surface area (Å²) >= 11 is 3.03. The summed E-state index contributed by atoms with van der Waals surface area (Å²) in [5.74, 6) is -1.71. The van der Waals surface area contributed by atoms with Crippen molar-refractivity contribution in [3.63, 3.8) is 0 Å². The molecule has 1 aliphatic heterocycles. The summed E-state index contributed by atoms with van der Waals surface area (Å²) in [6.07, 6.45) is 0.907. The Labute approximate surface area is 124 Å².